The second kappa shape index (κ2) is 7.75. The van der Waals surface area contributed by atoms with Gasteiger partial charge in [0.1, 0.15) is 34.0 Å². The van der Waals surface area contributed by atoms with Gasteiger partial charge < -0.3 is 24.6 Å². The molecule has 2 aromatic heterocycles. The summed E-state index contributed by atoms with van der Waals surface area (Å²) in [5, 5.41) is 30.6. The van der Waals surface area contributed by atoms with Crippen molar-refractivity contribution in [2.45, 2.75) is 35.3 Å². The molecule has 1 fully saturated rings. The maximum Gasteiger partial charge on any atom is 0.164 e. The molecule has 1 saturated heterocycles. The van der Waals surface area contributed by atoms with Crippen molar-refractivity contribution in [1.82, 2.24) is 14.5 Å². The molecule has 1 aliphatic heterocycles. The van der Waals surface area contributed by atoms with E-state index in [1.165, 1.54) is 18.1 Å². The smallest absolute Gasteiger partial charge is 0.164 e. The summed E-state index contributed by atoms with van der Waals surface area (Å²) < 4.78 is 7.21. The molecular weight excluding hydrogens is 390 g/mol. The average molecular weight is 408 g/mol. The fourth-order valence-electron chi connectivity index (χ4n) is 3.11. The van der Waals surface area contributed by atoms with Gasteiger partial charge in [-0.2, -0.15) is 0 Å². The van der Waals surface area contributed by atoms with Crippen LogP contribution in [-0.4, -0.2) is 54.8 Å². The lowest BCUT2D eigenvalue weighted by atomic mass is 10.1. The van der Waals surface area contributed by atoms with Gasteiger partial charge in [0.2, 0.25) is 0 Å². The third-order valence-electron chi connectivity index (χ3n) is 4.51. The number of aliphatic hydroxyl groups excluding tert-OH is 3. The number of aromatic nitrogens is 3. The van der Waals surface area contributed by atoms with E-state index in [0.717, 1.165) is 5.56 Å². The van der Waals surface area contributed by atoms with Crippen LogP contribution in [0.15, 0.2) is 47.8 Å². The van der Waals surface area contributed by atoms with Crippen LogP contribution in [0, 0.1) is 0 Å². The molecule has 1 aliphatic rings. The molecule has 0 aliphatic carbocycles. The molecule has 0 saturated carbocycles. The van der Waals surface area contributed by atoms with E-state index in [0.29, 0.717) is 27.0 Å². The van der Waals surface area contributed by atoms with Crippen molar-refractivity contribution < 1.29 is 20.1 Å². The molecule has 3 heterocycles. The van der Waals surface area contributed by atoms with Gasteiger partial charge in [0.25, 0.3) is 0 Å². The van der Waals surface area contributed by atoms with Crippen LogP contribution in [0.5, 0.6) is 0 Å². The Kier molecular flexibility index (Phi) is 5.36. The standard InChI is InChI=1S/C18H18ClN3O4S/c19-13-6-11-14(17(21-13)27-8-10-4-2-1-3-5-10)20-9-22(11)18-16(25)15(24)12(7-23)26-18/h1-6,9,12,15-16,18,23-25H,7-8H2. The van der Waals surface area contributed by atoms with Crippen molar-refractivity contribution >= 4 is 34.4 Å². The lowest BCUT2D eigenvalue weighted by molar-refractivity contribution is -0.0508. The van der Waals surface area contributed by atoms with E-state index in [4.69, 9.17) is 16.3 Å². The number of benzene rings is 1. The van der Waals surface area contributed by atoms with Gasteiger partial charge in [-0.15, -0.1) is 0 Å². The average Bonchev–Trinajstić information content (AvgIpc) is 3.22. The first-order valence-corrected chi connectivity index (χ1v) is 9.77. The summed E-state index contributed by atoms with van der Waals surface area (Å²) >= 11 is 7.72. The van der Waals surface area contributed by atoms with Crippen LogP contribution in [0.4, 0.5) is 0 Å². The SMILES string of the molecule is OCC1OC(n2cnc3c(SCc4ccccc4)nc(Cl)cc32)C(O)C1O. The first kappa shape index (κ1) is 18.7. The molecule has 0 spiro atoms. The van der Waals surface area contributed by atoms with Crippen LogP contribution in [0.3, 0.4) is 0 Å². The van der Waals surface area contributed by atoms with Crippen molar-refractivity contribution in [2.75, 3.05) is 6.61 Å². The van der Waals surface area contributed by atoms with Gasteiger partial charge in [-0.1, -0.05) is 53.7 Å². The number of imidazole rings is 1. The minimum atomic E-state index is -1.19. The highest BCUT2D eigenvalue weighted by Crippen LogP contribution is 2.35. The van der Waals surface area contributed by atoms with Crippen LogP contribution in [0.1, 0.15) is 11.8 Å². The number of fused-ring (bicyclic) bond motifs is 1. The predicted molar refractivity (Wildman–Crippen MR) is 102 cm³/mol. The van der Waals surface area contributed by atoms with Crippen molar-refractivity contribution in [3.05, 3.63) is 53.4 Å². The molecule has 4 rings (SSSR count). The summed E-state index contributed by atoms with van der Waals surface area (Å²) in [5.41, 5.74) is 2.43. The van der Waals surface area contributed by atoms with Crippen molar-refractivity contribution in [3.8, 4) is 0 Å². The summed E-state index contributed by atoms with van der Waals surface area (Å²) in [6, 6.07) is 11.6. The van der Waals surface area contributed by atoms with Gasteiger partial charge in [0.05, 0.1) is 18.5 Å². The van der Waals surface area contributed by atoms with Crippen LogP contribution in [-0.2, 0) is 10.5 Å². The first-order chi connectivity index (χ1) is 13.1. The normalized spacial score (nSPS) is 25.3. The highest BCUT2D eigenvalue weighted by atomic mass is 35.5. The molecule has 1 aromatic carbocycles. The molecule has 7 nitrogen and oxygen atoms in total. The Morgan fingerprint density at radius 2 is 1.96 bits per heavy atom. The number of ether oxygens (including phenoxy) is 1. The Morgan fingerprint density at radius 1 is 1.19 bits per heavy atom. The molecule has 3 N–H and O–H groups in total. The van der Waals surface area contributed by atoms with E-state index < -0.39 is 24.5 Å². The molecule has 142 valence electrons. The van der Waals surface area contributed by atoms with Gasteiger partial charge in [-0.3, -0.25) is 0 Å². The Bertz CT molecular complexity index is 939. The lowest BCUT2D eigenvalue weighted by Crippen LogP contribution is -2.33. The fraction of sp³-hybridized carbons (Fsp3) is 0.333. The maximum atomic E-state index is 10.3. The van der Waals surface area contributed by atoms with E-state index in [-0.39, 0.29) is 6.61 Å². The van der Waals surface area contributed by atoms with Crippen LogP contribution in [0.2, 0.25) is 5.15 Å². The minimum absolute atomic E-state index is 0.298. The highest BCUT2D eigenvalue weighted by Gasteiger charge is 2.43. The monoisotopic (exact) mass is 407 g/mol. The highest BCUT2D eigenvalue weighted by molar-refractivity contribution is 7.98. The summed E-state index contributed by atoms with van der Waals surface area (Å²) in [7, 11) is 0. The van der Waals surface area contributed by atoms with Crippen LogP contribution < -0.4 is 0 Å². The Balaban J connectivity index is 1.66. The van der Waals surface area contributed by atoms with Crippen molar-refractivity contribution in [2.24, 2.45) is 0 Å². The number of pyridine rings is 1. The van der Waals surface area contributed by atoms with Crippen molar-refractivity contribution in [1.29, 1.82) is 0 Å². The molecule has 0 amide bonds. The molecule has 0 bridgehead atoms. The first-order valence-electron chi connectivity index (χ1n) is 8.40. The van der Waals surface area contributed by atoms with E-state index in [2.05, 4.69) is 9.97 Å². The fourth-order valence-corrected chi connectivity index (χ4v) is 4.30. The number of thioether (sulfide) groups is 1. The second-order valence-electron chi connectivity index (χ2n) is 6.27. The number of hydrogen-bond acceptors (Lipinski definition) is 7. The summed E-state index contributed by atoms with van der Waals surface area (Å²) in [6.45, 7) is -0.387. The largest absolute Gasteiger partial charge is 0.394 e. The molecule has 4 atom stereocenters. The van der Waals surface area contributed by atoms with E-state index in [1.54, 1.807) is 10.6 Å². The number of aliphatic hydroxyl groups is 3. The summed E-state index contributed by atoms with van der Waals surface area (Å²) in [5.74, 6) is 0.712. The quantitative estimate of drug-likeness (QED) is 0.439. The van der Waals surface area contributed by atoms with Gasteiger partial charge in [0.15, 0.2) is 6.23 Å². The Labute approximate surface area is 164 Å². The molecule has 9 heteroatoms. The van der Waals surface area contributed by atoms with Crippen molar-refractivity contribution in [3.63, 3.8) is 0 Å². The van der Waals surface area contributed by atoms with Crippen LogP contribution >= 0.6 is 23.4 Å². The second-order valence-corrected chi connectivity index (χ2v) is 7.62. The topological polar surface area (TPSA) is 101 Å². The number of hydrogen-bond donors (Lipinski definition) is 3. The number of nitrogens with zero attached hydrogens (tertiary/aromatic N) is 3. The minimum Gasteiger partial charge on any atom is -0.394 e. The Hall–Kier alpha value is -1.68. The van der Waals surface area contributed by atoms with E-state index in [9.17, 15) is 15.3 Å². The zero-order chi connectivity index (χ0) is 19.0. The van der Waals surface area contributed by atoms with Gasteiger partial charge in [-0.05, 0) is 5.56 Å². The molecule has 27 heavy (non-hydrogen) atoms. The predicted octanol–water partition coefficient (Wildman–Crippen LogP) is 1.99. The van der Waals surface area contributed by atoms with Gasteiger partial charge in [0, 0.05) is 11.8 Å². The van der Waals surface area contributed by atoms with E-state index >= 15 is 0 Å². The lowest BCUT2D eigenvalue weighted by Gasteiger charge is -2.17. The van der Waals surface area contributed by atoms with Crippen LogP contribution in [0.25, 0.3) is 11.0 Å². The van der Waals surface area contributed by atoms with Gasteiger partial charge >= 0.3 is 0 Å². The zero-order valence-corrected chi connectivity index (χ0v) is 15.7. The third-order valence-corrected chi connectivity index (χ3v) is 5.74. The molecular formula is C18H18ClN3O4S. The zero-order valence-electron chi connectivity index (χ0n) is 14.1. The van der Waals surface area contributed by atoms with Gasteiger partial charge in [-0.25, -0.2) is 9.97 Å². The van der Waals surface area contributed by atoms with E-state index in [1.807, 2.05) is 30.3 Å². The Morgan fingerprint density at radius 3 is 2.67 bits per heavy atom. The molecule has 4 unspecified atom stereocenters. The molecule has 0 radical (unpaired) electrons. The molecule has 3 aromatic rings. The summed E-state index contributed by atoms with van der Waals surface area (Å²) in [6.07, 6.45) is -2.57. The summed E-state index contributed by atoms with van der Waals surface area (Å²) in [4.78, 5) is 8.79. The third kappa shape index (κ3) is 3.56. The number of rotatable bonds is 5. The number of halogens is 1. The maximum absolute atomic E-state index is 10.3.